The predicted octanol–water partition coefficient (Wildman–Crippen LogP) is 2.17. The summed E-state index contributed by atoms with van der Waals surface area (Å²) in [4.78, 5) is 0. The summed E-state index contributed by atoms with van der Waals surface area (Å²) in [6.07, 6.45) is 10.1. The molecule has 0 saturated heterocycles. The maximum absolute atomic E-state index is 4.08. The molecular weight excluding hydrogens is 230 g/mol. The molecule has 1 aromatic rings. The fourth-order valence-electron chi connectivity index (χ4n) is 1.46. The molecule has 0 bridgehead atoms. The highest BCUT2D eigenvalue weighted by atomic mass is 79.9. The van der Waals surface area contributed by atoms with Crippen LogP contribution in [0, 0.1) is 0 Å². The van der Waals surface area contributed by atoms with Crippen molar-refractivity contribution in [2.75, 3.05) is 0 Å². The molecule has 2 atom stereocenters. The second-order valence-electron chi connectivity index (χ2n) is 3.27. The lowest BCUT2D eigenvalue weighted by atomic mass is 9.87. The lowest BCUT2D eigenvalue weighted by Crippen LogP contribution is -2.23. The van der Waals surface area contributed by atoms with Gasteiger partial charge in [0, 0.05) is 5.92 Å². The first-order chi connectivity index (χ1) is 6.20. The van der Waals surface area contributed by atoms with E-state index in [1.165, 1.54) is 0 Å². The Bertz CT molecular complexity index is 338. The average molecular weight is 240 g/mol. The van der Waals surface area contributed by atoms with Crippen LogP contribution in [-0.4, -0.2) is 19.7 Å². The summed E-state index contributed by atoms with van der Waals surface area (Å²) >= 11 is 3.66. The van der Waals surface area contributed by atoms with Gasteiger partial charge in [-0.3, -0.25) is 0 Å². The lowest BCUT2D eigenvalue weighted by Gasteiger charge is -2.27. The molecule has 1 heterocycles. The topological polar surface area (TPSA) is 41.6 Å². The number of nitrogens with one attached hydrogen (secondary N) is 1. The molecule has 0 aliphatic heterocycles. The maximum Gasteiger partial charge on any atom is 0.0910 e. The fraction of sp³-hybridized carbons (Fsp3) is 0.333. The number of alkyl halides is 1. The zero-order valence-electron chi connectivity index (χ0n) is 7.24. The zero-order valence-corrected chi connectivity index (χ0v) is 8.82. The van der Waals surface area contributed by atoms with Gasteiger partial charge in [0.2, 0.25) is 0 Å². The van der Waals surface area contributed by atoms with E-state index in [-0.39, 0.29) is 10.2 Å². The third-order valence-electron chi connectivity index (χ3n) is 2.20. The van der Waals surface area contributed by atoms with Crippen molar-refractivity contribution in [1.82, 2.24) is 15.4 Å². The average Bonchev–Trinajstić information content (AvgIpc) is 2.55. The molecule has 0 aromatic carbocycles. The Morgan fingerprint density at radius 1 is 1.54 bits per heavy atom. The SMILES string of the molecule is CC1(Br)C=CC=CC1c1cn[nH]n1. The molecule has 0 amide bonds. The summed E-state index contributed by atoms with van der Waals surface area (Å²) in [7, 11) is 0. The number of rotatable bonds is 1. The molecule has 1 aliphatic rings. The molecule has 3 nitrogen and oxygen atoms in total. The summed E-state index contributed by atoms with van der Waals surface area (Å²) in [5, 5.41) is 10.5. The standard InChI is InChI=1S/C9H10BrN3/c1-9(10)5-3-2-4-7(9)8-6-11-13-12-8/h2-7H,1H3,(H,11,12,13). The number of halogens is 1. The highest BCUT2D eigenvalue weighted by molar-refractivity contribution is 9.10. The van der Waals surface area contributed by atoms with Crippen molar-refractivity contribution in [3.63, 3.8) is 0 Å². The van der Waals surface area contributed by atoms with Crippen LogP contribution in [0.3, 0.4) is 0 Å². The van der Waals surface area contributed by atoms with Gasteiger partial charge in [-0.25, -0.2) is 0 Å². The summed E-state index contributed by atoms with van der Waals surface area (Å²) in [6, 6.07) is 0. The Balaban J connectivity index is 2.34. The van der Waals surface area contributed by atoms with E-state index in [0.29, 0.717) is 0 Å². The summed E-state index contributed by atoms with van der Waals surface area (Å²) in [5.41, 5.74) is 0.958. The first kappa shape index (κ1) is 8.69. The van der Waals surface area contributed by atoms with Crippen LogP contribution in [0.5, 0.6) is 0 Å². The van der Waals surface area contributed by atoms with Gasteiger partial charge < -0.3 is 0 Å². The summed E-state index contributed by atoms with van der Waals surface area (Å²) in [6.45, 7) is 2.12. The van der Waals surface area contributed by atoms with Gasteiger partial charge >= 0.3 is 0 Å². The van der Waals surface area contributed by atoms with E-state index in [0.717, 1.165) is 5.69 Å². The highest BCUT2D eigenvalue weighted by Gasteiger charge is 2.31. The Kier molecular flexibility index (Phi) is 2.07. The van der Waals surface area contributed by atoms with Crippen molar-refractivity contribution in [2.45, 2.75) is 17.2 Å². The van der Waals surface area contributed by atoms with Crippen molar-refractivity contribution in [2.24, 2.45) is 0 Å². The maximum atomic E-state index is 4.08. The van der Waals surface area contributed by atoms with E-state index >= 15 is 0 Å². The minimum atomic E-state index is -0.0569. The van der Waals surface area contributed by atoms with Crippen LogP contribution in [0.25, 0.3) is 0 Å². The second kappa shape index (κ2) is 3.10. The van der Waals surface area contributed by atoms with Crippen LogP contribution >= 0.6 is 15.9 Å². The molecule has 0 saturated carbocycles. The fourth-order valence-corrected chi connectivity index (χ4v) is 2.00. The van der Waals surface area contributed by atoms with Crippen molar-refractivity contribution in [3.8, 4) is 0 Å². The third kappa shape index (κ3) is 1.58. The van der Waals surface area contributed by atoms with Gasteiger partial charge in [-0.15, -0.1) is 0 Å². The van der Waals surface area contributed by atoms with E-state index in [9.17, 15) is 0 Å². The summed E-state index contributed by atoms with van der Waals surface area (Å²) < 4.78 is -0.0569. The Hall–Kier alpha value is -0.900. The van der Waals surface area contributed by atoms with E-state index in [2.05, 4.69) is 50.4 Å². The molecular formula is C9H10BrN3. The molecule has 4 heteroatoms. The minimum absolute atomic E-state index is 0.0569. The molecule has 68 valence electrons. The number of aromatic amines is 1. The molecule has 1 aromatic heterocycles. The monoisotopic (exact) mass is 239 g/mol. The normalized spacial score (nSPS) is 32.3. The van der Waals surface area contributed by atoms with Crippen LogP contribution in [-0.2, 0) is 0 Å². The van der Waals surface area contributed by atoms with Crippen molar-refractivity contribution in [1.29, 1.82) is 0 Å². The number of hydrogen-bond donors (Lipinski definition) is 1. The third-order valence-corrected chi connectivity index (χ3v) is 2.95. The molecule has 2 unspecified atom stereocenters. The molecule has 0 radical (unpaired) electrons. The van der Waals surface area contributed by atoms with Crippen LogP contribution < -0.4 is 0 Å². The lowest BCUT2D eigenvalue weighted by molar-refractivity contribution is 0.678. The second-order valence-corrected chi connectivity index (χ2v) is 4.98. The Morgan fingerprint density at radius 3 is 3.00 bits per heavy atom. The number of allylic oxidation sites excluding steroid dienone is 4. The van der Waals surface area contributed by atoms with Crippen molar-refractivity contribution >= 4 is 15.9 Å². The van der Waals surface area contributed by atoms with E-state index < -0.39 is 0 Å². The van der Waals surface area contributed by atoms with Gasteiger partial charge in [0.15, 0.2) is 0 Å². The molecule has 1 aliphatic carbocycles. The van der Waals surface area contributed by atoms with E-state index in [4.69, 9.17) is 0 Å². The first-order valence-corrected chi connectivity index (χ1v) is 4.90. The molecule has 0 fully saturated rings. The number of aromatic nitrogens is 3. The highest BCUT2D eigenvalue weighted by Crippen LogP contribution is 2.38. The molecule has 0 spiro atoms. The van der Waals surface area contributed by atoms with Crippen molar-refractivity contribution < 1.29 is 0 Å². The summed E-state index contributed by atoms with van der Waals surface area (Å²) in [5.74, 6) is 0.247. The van der Waals surface area contributed by atoms with Crippen LogP contribution in [0.1, 0.15) is 18.5 Å². The van der Waals surface area contributed by atoms with E-state index in [1.807, 2.05) is 12.2 Å². The molecule has 2 rings (SSSR count). The van der Waals surface area contributed by atoms with Gasteiger partial charge in [-0.1, -0.05) is 40.2 Å². The van der Waals surface area contributed by atoms with Gasteiger partial charge in [0.25, 0.3) is 0 Å². The van der Waals surface area contributed by atoms with Crippen LogP contribution in [0.2, 0.25) is 0 Å². The smallest absolute Gasteiger partial charge is 0.0910 e. The number of nitrogens with zero attached hydrogens (tertiary/aromatic N) is 2. The zero-order chi connectivity index (χ0) is 9.31. The Labute approximate surface area is 85.1 Å². The van der Waals surface area contributed by atoms with Gasteiger partial charge in [-0.2, -0.15) is 15.4 Å². The quantitative estimate of drug-likeness (QED) is 0.764. The van der Waals surface area contributed by atoms with Crippen molar-refractivity contribution in [3.05, 3.63) is 36.2 Å². The Morgan fingerprint density at radius 2 is 2.38 bits per heavy atom. The molecule has 1 N–H and O–H groups in total. The molecule has 13 heavy (non-hydrogen) atoms. The predicted molar refractivity (Wildman–Crippen MR) is 54.7 cm³/mol. The van der Waals surface area contributed by atoms with Crippen LogP contribution in [0.15, 0.2) is 30.5 Å². The largest absolute Gasteiger partial charge is 0.198 e. The van der Waals surface area contributed by atoms with Gasteiger partial charge in [0.05, 0.1) is 16.2 Å². The number of hydrogen-bond acceptors (Lipinski definition) is 2. The first-order valence-electron chi connectivity index (χ1n) is 4.11. The van der Waals surface area contributed by atoms with Crippen LogP contribution in [0.4, 0.5) is 0 Å². The van der Waals surface area contributed by atoms with Gasteiger partial charge in [0.1, 0.15) is 0 Å². The number of H-pyrrole nitrogens is 1. The minimum Gasteiger partial charge on any atom is -0.198 e. The van der Waals surface area contributed by atoms with Gasteiger partial charge in [-0.05, 0) is 6.92 Å². The van der Waals surface area contributed by atoms with E-state index in [1.54, 1.807) is 6.20 Å².